The number of carbonyl (C=O) groups excluding carboxylic acids is 4. The number of likely N-dealkylation sites (tertiary alicyclic amines) is 1. The second-order valence-corrected chi connectivity index (χ2v) is 14.0. The lowest BCUT2D eigenvalue weighted by Gasteiger charge is -2.36. The lowest BCUT2D eigenvalue weighted by molar-refractivity contribution is -0.142. The first-order valence-electron chi connectivity index (χ1n) is 18.9. The van der Waals surface area contributed by atoms with Crippen LogP contribution in [-0.4, -0.2) is 86.7 Å². The van der Waals surface area contributed by atoms with Crippen LogP contribution in [0.4, 0.5) is 5.69 Å². The van der Waals surface area contributed by atoms with Crippen molar-refractivity contribution in [3.63, 3.8) is 0 Å². The van der Waals surface area contributed by atoms with Gasteiger partial charge in [0.05, 0.1) is 42.7 Å². The number of hydrogen-bond donors (Lipinski definition) is 4. The molecule has 1 aliphatic heterocycles. The van der Waals surface area contributed by atoms with Gasteiger partial charge in [-0.25, -0.2) is 4.79 Å². The molecule has 0 saturated carbocycles. The predicted molar refractivity (Wildman–Crippen MR) is 208 cm³/mol. The van der Waals surface area contributed by atoms with Crippen molar-refractivity contribution in [2.45, 2.75) is 89.8 Å². The van der Waals surface area contributed by atoms with Gasteiger partial charge < -0.3 is 35.2 Å². The minimum atomic E-state index is -0.888. The second-order valence-electron chi connectivity index (χ2n) is 14.0. The number of likely N-dealkylation sites (N-methyl/N-ethyl adjacent to an activating group) is 1. The zero-order valence-electron chi connectivity index (χ0n) is 32.4. The first-order chi connectivity index (χ1) is 26.1. The first kappa shape index (κ1) is 42.1. The number of ether oxygens (including phenoxy) is 2. The highest BCUT2D eigenvalue weighted by molar-refractivity contribution is 5.97. The van der Waals surface area contributed by atoms with Crippen molar-refractivity contribution >= 4 is 29.4 Å². The fraction of sp³-hybridized carbons (Fsp3) is 0.476. The zero-order valence-corrected chi connectivity index (χ0v) is 32.4. The number of carbonyl (C=O) groups is 4. The third kappa shape index (κ3) is 11.7. The van der Waals surface area contributed by atoms with Crippen LogP contribution in [0, 0.1) is 11.8 Å². The van der Waals surface area contributed by atoms with Crippen LogP contribution in [-0.2, 0) is 41.7 Å². The third-order valence-corrected chi connectivity index (χ3v) is 10.4. The molecular weight excluding hydrogens is 686 g/mol. The van der Waals surface area contributed by atoms with Crippen LogP contribution in [0.15, 0.2) is 84.9 Å². The van der Waals surface area contributed by atoms with Gasteiger partial charge in [-0.3, -0.25) is 14.4 Å². The number of benzene rings is 3. The SMILES string of the molecule is CCC(C)C(NC)C(CC(=O)N1CCCC1C(OC)C(C)C(=O)NC(Cc1ccccc1)C(=O)Nc1ccc(CNOC(=O)c2ccccc2)cc1)OC. The second kappa shape index (κ2) is 21.3. The van der Waals surface area contributed by atoms with Gasteiger partial charge in [-0.15, -0.1) is 5.48 Å². The maximum atomic E-state index is 13.9. The summed E-state index contributed by atoms with van der Waals surface area (Å²) in [6.45, 7) is 6.89. The summed E-state index contributed by atoms with van der Waals surface area (Å²) in [5.41, 5.74) is 5.38. The number of amides is 3. The number of nitrogens with one attached hydrogen (secondary N) is 4. The highest BCUT2D eigenvalue weighted by atomic mass is 16.7. The van der Waals surface area contributed by atoms with Crippen molar-refractivity contribution in [3.8, 4) is 0 Å². The van der Waals surface area contributed by atoms with E-state index in [0.29, 0.717) is 30.1 Å². The molecule has 7 atom stereocenters. The van der Waals surface area contributed by atoms with E-state index in [1.807, 2.05) is 60.5 Å². The van der Waals surface area contributed by atoms with Crippen LogP contribution < -0.4 is 21.4 Å². The summed E-state index contributed by atoms with van der Waals surface area (Å²) in [4.78, 5) is 60.6. The summed E-state index contributed by atoms with van der Waals surface area (Å²) < 4.78 is 11.8. The van der Waals surface area contributed by atoms with Crippen LogP contribution in [0.2, 0.25) is 0 Å². The third-order valence-electron chi connectivity index (χ3n) is 10.4. The molecule has 7 unspecified atom stereocenters. The Morgan fingerprint density at radius 1 is 0.852 bits per heavy atom. The molecule has 0 radical (unpaired) electrons. The summed E-state index contributed by atoms with van der Waals surface area (Å²) in [6.07, 6.45) is 2.07. The van der Waals surface area contributed by atoms with E-state index in [1.54, 1.807) is 57.5 Å². The number of hydroxylamine groups is 1. The van der Waals surface area contributed by atoms with E-state index in [4.69, 9.17) is 14.3 Å². The molecule has 12 nitrogen and oxygen atoms in total. The van der Waals surface area contributed by atoms with Gasteiger partial charge in [0, 0.05) is 38.9 Å². The van der Waals surface area contributed by atoms with Gasteiger partial charge in [0.2, 0.25) is 17.7 Å². The summed E-state index contributed by atoms with van der Waals surface area (Å²) in [7, 11) is 5.09. The van der Waals surface area contributed by atoms with Gasteiger partial charge in [-0.2, -0.15) is 0 Å². The average Bonchev–Trinajstić information content (AvgIpc) is 3.68. The summed E-state index contributed by atoms with van der Waals surface area (Å²) in [5, 5.41) is 9.26. The Bertz CT molecular complexity index is 1620. The van der Waals surface area contributed by atoms with Gasteiger partial charge in [0.15, 0.2) is 0 Å². The number of hydrogen-bond acceptors (Lipinski definition) is 9. The van der Waals surface area contributed by atoms with Gasteiger partial charge in [-0.1, -0.05) is 87.9 Å². The molecule has 0 aliphatic carbocycles. The van der Waals surface area contributed by atoms with E-state index >= 15 is 0 Å². The van der Waals surface area contributed by atoms with Gasteiger partial charge in [0.25, 0.3) is 0 Å². The normalized spacial score (nSPS) is 17.4. The van der Waals surface area contributed by atoms with Crippen molar-refractivity contribution in [3.05, 3.63) is 102 Å². The first-order valence-corrected chi connectivity index (χ1v) is 18.9. The molecule has 12 heteroatoms. The molecule has 3 aromatic rings. The minimum Gasteiger partial charge on any atom is -0.379 e. The maximum Gasteiger partial charge on any atom is 0.356 e. The molecule has 1 saturated heterocycles. The summed E-state index contributed by atoms with van der Waals surface area (Å²) in [6, 6.07) is 24.1. The Morgan fingerprint density at radius 2 is 1.52 bits per heavy atom. The number of rotatable bonds is 20. The van der Waals surface area contributed by atoms with Crippen LogP contribution >= 0.6 is 0 Å². The largest absolute Gasteiger partial charge is 0.379 e. The zero-order chi connectivity index (χ0) is 39.0. The molecule has 0 bridgehead atoms. The van der Waals surface area contributed by atoms with Crippen molar-refractivity contribution in [2.75, 3.05) is 33.1 Å². The van der Waals surface area contributed by atoms with E-state index in [1.165, 1.54) is 0 Å². The Labute approximate surface area is 319 Å². The molecule has 1 aliphatic rings. The van der Waals surface area contributed by atoms with Crippen LogP contribution in [0.5, 0.6) is 0 Å². The molecule has 3 aromatic carbocycles. The monoisotopic (exact) mass is 743 g/mol. The van der Waals surface area contributed by atoms with Crippen LogP contribution in [0.3, 0.4) is 0 Å². The molecule has 0 aromatic heterocycles. The average molecular weight is 744 g/mol. The number of methoxy groups -OCH3 is 2. The maximum absolute atomic E-state index is 13.9. The summed E-state index contributed by atoms with van der Waals surface area (Å²) in [5.74, 6) is -1.57. The Kier molecular flexibility index (Phi) is 16.6. The van der Waals surface area contributed by atoms with Gasteiger partial charge >= 0.3 is 5.97 Å². The molecule has 292 valence electrons. The fourth-order valence-electron chi connectivity index (χ4n) is 7.14. The summed E-state index contributed by atoms with van der Waals surface area (Å²) >= 11 is 0. The van der Waals surface area contributed by atoms with E-state index in [9.17, 15) is 19.2 Å². The van der Waals surface area contributed by atoms with E-state index in [0.717, 1.165) is 24.0 Å². The fourth-order valence-corrected chi connectivity index (χ4v) is 7.14. The topological polar surface area (TPSA) is 147 Å². The highest BCUT2D eigenvalue weighted by Crippen LogP contribution is 2.28. The smallest absolute Gasteiger partial charge is 0.356 e. The predicted octanol–water partition coefficient (Wildman–Crippen LogP) is 4.90. The van der Waals surface area contributed by atoms with Crippen molar-refractivity contribution in [1.29, 1.82) is 0 Å². The van der Waals surface area contributed by atoms with Crippen LogP contribution in [0.25, 0.3) is 0 Å². The van der Waals surface area contributed by atoms with E-state index in [-0.39, 0.29) is 55.3 Å². The molecular formula is C42H57N5O7. The van der Waals surface area contributed by atoms with Crippen molar-refractivity contribution in [1.82, 2.24) is 21.0 Å². The quantitative estimate of drug-likeness (QED) is 0.119. The minimum absolute atomic E-state index is 0.0206. The Balaban J connectivity index is 1.40. The number of nitrogens with zero attached hydrogens (tertiary/aromatic N) is 1. The standard InChI is InChI=1S/C42H57N5O7/c1-7-28(2)38(43-4)36(52-5)26-37(48)47-24-14-19-35(47)39(53-6)29(3)40(49)46-34(25-30-15-10-8-11-16-30)41(50)45-33-22-20-31(21-23-33)27-44-54-42(51)32-17-12-9-13-18-32/h8-13,15-18,20-23,28-29,34-36,38-39,43-44H,7,14,19,24-27H2,1-6H3,(H,45,50)(H,46,49). The highest BCUT2D eigenvalue weighted by Gasteiger charge is 2.41. The van der Waals surface area contributed by atoms with Crippen LogP contribution in [0.1, 0.15) is 67.9 Å². The molecule has 54 heavy (non-hydrogen) atoms. The van der Waals surface area contributed by atoms with E-state index < -0.39 is 24.0 Å². The number of anilines is 1. The molecule has 4 N–H and O–H groups in total. The lowest BCUT2D eigenvalue weighted by atomic mass is 9.91. The molecule has 1 fully saturated rings. The van der Waals surface area contributed by atoms with Crippen molar-refractivity contribution < 1.29 is 33.5 Å². The van der Waals surface area contributed by atoms with Crippen molar-refractivity contribution in [2.24, 2.45) is 11.8 Å². The van der Waals surface area contributed by atoms with E-state index in [2.05, 4.69) is 35.3 Å². The molecule has 3 amide bonds. The Morgan fingerprint density at radius 3 is 2.13 bits per heavy atom. The van der Waals surface area contributed by atoms with Gasteiger partial charge in [0.1, 0.15) is 6.04 Å². The lowest BCUT2D eigenvalue weighted by Crippen LogP contribution is -2.54. The Hall–Kier alpha value is -4.62. The molecule has 1 heterocycles. The van der Waals surface area contributed by atoms with Gasteiger partial charge in [-0.05, 0) is 61.2 Å². The molecule has 4 rings (SSSR count). The molecule has 0 spiro atoms.